The van der Waals surface area contributed by atoms with Gasteiger partial charge >= 0.3 is 0 Å². The van der Waals surface area contributed by atoms with Crippen LogP contribution in [-0.2, 0) is 0 Å². The summed E-state index contributed by atoms with van der Waals surface area (Å²) >= 11 is 0. The van der Waals surface area contributed by atoms with E-state index in [0.717, 1.165) is 12.3 Å². The summed E-state index contributed by atoms with van der Waals surface area (Å²) in [5.74, 6) is 0.846. The normalized spacial score (nSPS) is 13.7. The highest BCUT2D eigenvalue weighted by molar-refractivity contribution is 5.42. The number of nitrogens with one attached hydrogen (secondary N) is 1. The molecule has 72 valence electrons. The quantitative estimate of drug-likeness (QED) is 0.672. The van der Waals surface area contributed by atoms with Gasteiger partial charge in [0.2, 0.25) is 0 Å². The SMILES string of the molecule is C[C@H](O)CNC/C=C/c1ccco1. The van der Waals surface area contributed by atoms with E-state index in [-0.39, 0.29) is 6.10 Å². The molecule has 13 heavy (non-hydrogen) atoms. The predicted molar refractivity (Wildman–Crippen MR) is 52.3 cm³/mol. The molecule has 0 aromatic carbocycles. The molecule has 3 nitrogen and oxygen atoms in total. The van der Waals surface area contributed by atoms with E-state index in [1.165, 1.54) is 0 Å². The Balaban J connectivity index is 2.12. The summed E-state index contributed by atoms with van der Waals surface area (Å²) in [6.45, 7) is 3.11. The Kier molecular flexibility index (Phi) is 4.29. The van der Waals surface area contributed by atoms with E-state index >= 15 is 0 Å². The molecule has 0 fully saturated rings. The van der Waals surface area contributed by atoms with Crippen LogP contribution in [0.3, 0.4) is 0 Å². The van der Waals surface area contributed by atoms with Crippen molar-refractivity contribution in [3.05, 3.63) is 30.2 Å². The molecule has 1 atom stereocenters. The Morgan fingerprint density at radius 2 is 2.54 bits per heavy atom. The van der Waals surface area contributed by atoms with Crippen LogP contribution in [0, 0.1) is 0 Å². The molecule has 2 N–H and O–H groups in total. The van der Waals surface area contributed by atoms with Gasteiger partial charge in [-0.1, -0.05) is 6.08 Å². The smallest absolute Gasteiger partial charge is 0.126 e. The lowest BCUT2D eigenvalue weighted by atomic mass is 10.3. The van der Waals surface area contributed by atoms with Crippen LogP contribution in [0.4, 0.5) is 0 Å². The maximum Gasteiger partial charge on any atom is 0.126 e. The van der Waals surface area contributed by atoms with Gasteiger partial charge in [0.05, 0.1) is 12.4 Å². The van der Waals surface area contributed by atoms with Crippen molar-refractivity contribution in [2.75, 3.05) is 13.1 Å². The molecular weight excluding hydrogens is 166 g/mol. The van der Waals surface area contributed by atoms with Crippen molar-refractivity contribution in [1.82, 2.24) is 5.32 Å². The van der Waals surface area contributed by atoms with Crippen molar-refractivity contribution in [1.29, 1.82) is 0 Å². The van der Waals surface area contributed by atoms with Crippen molar-refractivity contribution >= 4 is 6.08 Å². The number of hydrogen-bond donors (Lipinski definition) is 2. The second-order valence-corrected chi connectivity index (χ2v) is 2.93. The zero-order valence-electron chi connectivity index (χ0n) is 7.73. The highest BCUT2D eigenvalue weighted by Gasteiger charge is 1.91. The zero-order valence-corrected chi connectivity index (χ0v) is 7.73. The van der Waals surface area contributed by atoms with Crippen LogP contribution in [-0.4, -0.2) is 24.3 Å². The van der Waals surface area contributed by atoms with Gasteiger partial charge in [-0.25, -0.2) is 0 Å². The molecule has 0 amide bonds. The van der Waals surface area contributed by atoms with Crippen molar-refractivity contribution in [3.63, 3.8) is 0 Å². The summed E-state index contributed by atoms with van der Waals surface area (Å²) in [6.07, 6.45) is 5.20. The molecule has 0 aliphatic heterocycles. The van der Waals surface area contributed by atoms with Gasteiger partial charge in [-0.2, -0.15) is 0 Å². The molecule has 0 saturated carbocycles. The van der Waals surface area contributed by atoms with Crippen molar-refractivity contribution in [2.24, 2.45) is 0 Å². The number of rotatable bonds is 5. The third-order valence-corrected chi connectivity index (χ3v) is 1.53. The van der Waals surface area contributed by atoms with E-state index in [4.69, 9.17) is 9.52 Å². The maximum atomic E-state index is 8.93. The topological polar surface area (TPSA) is 45.4 Å². The zero-order chi connectivity index (χ0) is 9.52. The van der Waals surface area contributed by atoms with E-state index < -0.39 is 0 Å². The number of aliphatic hydroxyl groups is 1. The highest BCUT2D eigenvalue weighted by Crippen LogP contribution is 2.01. The Morgan fingerprint density at radius 1 is 1.69 bits per heavy atom. The molecule has 0 radical (unpaired) electrons. The third kappa shape index (κ3) is 4.50. The van der Waals surface area contributed by atoms with E-state index in [1.54, 1.807) is 13.2 Å². The molecule has 0 aliphatic carbocycles. The maximum absolute atomic E-state index is 8.93. The molecular formula is C10H15NO2. The molecule has 3 heteroatoms. The van der Waals surface area contributed by atoms with Gasteiger partial charge < -0.3 is 14.8 Å². The first-order valence-electron chi connectivity index (χ1n) is 4.38. The van der Waals surface area contributed by atoms with Crippen LogP contribution < -0.4 is 5.32 Å². The molecule has 1 rings (SSSR count). The van der Waals surface area contributed by atoms with Crippen molar-refractivity contribution in [3.8, 4) is 0 Å². The fourth-order valence-corrected chi connectivity index (χ4v) is 0.937. The van der Waals surface area contributed by atoms with E-state index in [2.05, 4.69) is 5.32 Å². The summed E-state index contributed by atoms with van der Waals surface area (Å²) in [7, 11) is 0. The van der Waals surface area contributed by atoms with Gasteiger partial charge in [0.1, 0.15) is 5.76 Å². The number of furan rings is 1. The number of hydrogen-bond acceptors (Lipinski definition) is 3. The van der Waals surface area contributed by atoms with E-state index in [9.17, 15) is 0 Å². The van der Waals surface area contributed by atoms with Crippen molar-refractivity contribution in [2.45, 2.75) is 13.0 Å². The van der Waals surface area contributed by atoms with Gasteiger partial charge in [-0.05, 0) is 25.1 Å². The first kappa shape index (κ1) is 10.0. The molecule has 0 unspecified atom stereocenters. The lowest BCUT2D eigenvalue weighted by Crippen LogP contribution is -2.24. The summed E-state index contributed by atoms with van der Waals surface area (Å²) in [6, 6.07) is 3.74. The van der Waals surface area contributed by atoms with Crippen LogP contribution in [0.15, 0.2) is 28.9 Å². The Hall–Kier alpha value is -1.06. The molecule has 0 aliphatic rings. The summed E-state index contributed by atoms with van der Waals surface area (Å²) in [5, 5.41) is 12.0. The van der Waals surface area contributed by atoms with Crippen LogP contribution >= 0.6 is 0 Å². The van der Waals surface area contributed by atoms with Crippen LogP contribution in [0.1, 0.15) is 12.7 Å². The number of aliphatic hydroxyl groups excluding tert-OH is 1. The molecule has 0 bridgehead atoms. The van der Waals surface area contributed by atoms with Gasteiger partial charge in [0, 0.05) is 13.1 Å². The average Bonchev–Trinajstić information content (AvgIpc) is 2.55. The van der Waals surface area contributed by atoms with Crippen LogP contribution in [0.2, 0.25) is 0 Å². The Morgan fingerprint density at radius 3 is 3.15 bits per heavy atom. The standard InChI is InChI=1S/C10H15NO2/c1-9(12)8-11-6-2-4-10-5-3-7-13-10/h2-5,7,9,11-12H,6,8H2,1H3/b4-2+/t9-/m0/s1. The average molecular weight is 181 g/mol. The van der Waals surface area contributed by atoms with Crippen LogP contribution in [0.25, 0.3) is 6.08 Å². The van der Waals surface area contributed by atoms with Gasteiger partial charge in [-0.15, -0.1) is 0 Å². The van der Waals surface area contributed by atoms with Crippen LogP contribution in [0.5, 0.6) is 0 Å². The van der Waals surface area contributed by atoms with Crippen molar-refractivity contribution < 1.29 is 9.52 Å². The fraction of sp³-hybridized carbons (Fsp3) is 0.400. The minimum absolute atomic E-state index is 0.294. The minimum Gasteiger partial charge on any atom is -0.465 e. The second-order valence-electron chi connectivity index (χ2n) is 2.93. The third-order valence-electron chi connectivity index (χ3n) is 1.53. The molecule has 0 spiro atoms. The molecule has 0 saturated heterocycles. The minimum atomic E-state index is -0.294. The fourth-order valence-electron chi connectivity index (χ4n) is 0.937. The summed E-state index contributed by atoms with van der Waals surface area (Å²) < 4.78 is 5.10. The largest absolute Gasteiger partial charge is 0.465 e. The summed E-state index contributed by atoms with van der Waals surface area (Å²) in [5.41, 5.74) is 0. The Labute approximate surface area is 78.1 Å². The Bertz CT molecular complexity index is 239. The molecule has 1 aromatic rings. The van der Waals surface area contributed by atoms with Gasteiger partial charge in [0.25, 0.3) is 0 Å². The molecule has 1 heterocycles. The first-order chi connectivity index (χ1) is 6.29. The highest BCUT2D eigenvalue weighted by atomic mass is 16.3. The second kappa shape index (κ2) is 5.56. The summed E-state index contributed by atoms with van der Waals surface area (Å²) in [4.78, 5) is 0. The van der Waals surface area contributed by atoms with Gasteiger partial charge in [-0.3, -0.25) is 0 Å². The lowest BCUT2D eigenvalue weighted by molar-refractivity contribution is 0.193. The van der Waals surface area contributed by atoms with E-state index in [0.29, 0.717) is 6.54 Å². The first-order valence-corrected chi connectivity index (χ1v) is 4.38. The monoisotopic (exact) mass is 181 g/mol. The molecule has 1 aromatic heterocycles. The predicted octanol–water partition coefficient (Wildman–Crippen LogP) is 1.26. The van der Waals surface area contributed by atoms with Gasteiger partial charge in [0.15, 0.2) is 0 Å². The lowest BCUT2D eigenvalue weighted by Gasteiger charge is -2.02. The van der Waals surface area contributed by atoms with E-state index in [1.807, 2.05) is 24.3 Å².